The van der Waals surface area contributed by atoms with Crippen LogP contribution >= 0.6 is 11.8 Å². The second-order valence-electron chi connectivity index (χ2n) is 12.5. The van der Waals surface area contributed by atoms with Crippen LogP contribution < -0.4 is 0 Å². The molecule has 3 aromatic heterocycles. The quantitative estimate of drug-likeness (QED) is 0.184. The Morgan fingerprint density at radius 2 is 1.20 bits per heavy atom. The number of aromatic nitrogens is 4. The Morgan fingerprint density at radius 3 is 1.98 bits per heavy atom. The van der Waals surface area contributed by atoms with Gasteiger partial charge in [0.25, 0.3) is 0 Å². The third kappa shape index (κ3) is 4.90. The minimum Gasteiger partial charge on any atom is -0.294 e. The van der Waals surface area contributed by atoms with Crippen LogP contribution in [0.3, 0.4) is 0 Å². The molecule has 8 rings (SSSR count). The van der Waals surface area contributed by atoms with Crippen molar-refractivity contribution in [3.63, 3.8) is 0 Å². The molecule has 4 nitrogen and oxygen atoms in total. The van der Waals surface area contributed by atoms with Crippen LogP contribution in [0.5, 0.6) is 0 Å². The van der Waals surface area contributed by atoms with Crippen LogP contribution in [-0.4, -0.2) is 18.7 Å². The summed E-state index contributed by atoms with van der Waals surface area (Å²) in [6.45, 7) is 6.75. The molecule has 0 saturated heterocycles. The monoisotopic (exact) mass is 601 g/mol. The predicted octanol–water partition coefficient (Wildman–Crippen LogP) is 10.6. The van der Waals surface area contributed by atoms with E-state index in [1.165, 1.54) is 42.7 Å². The zero-order chi connectivity index (χ0) is 30.5. The SMILES string of the molecule is CC(C)(C)c1ccnc(-n2c3ccccc3c3ccc(Sc4cccc(-n5[cH+]n(-c6ccccc6)c6ccccc65)c4)cc32)c1. The van der Waals surface area contributed by atoms with Crippen molar-refractivity contribution in [3.8, 4) is 17.2 Å². The first-order valence-corrected chi connectivity index (χ1v) is 16.1. The minimum absolute atomic E-state index is 0.0356. The van der Waals surface area contributed by atoms with Crippen molar-refractivity contribution in [2.75, 3.05) is 0 Å². The molecule has 0 N–H and O–H groups in total. The highest BCUT2D eigenvalue weighted by Gasteiger charge is 2.19. The number of nitrogens with zero attached hydrogens (tertiary/aromatic N) is 4. The molecule has 0 saturated carbocycles. The Kier molecular flexibility index (Phi) is 6.58. The second-order valence-corrected chi connectivity index (χ2v) is 13.6. The van der Waals surface area contributed by atoms with Crippen LogP contribution in [0.2, 0.25) is 0 Å². The van der Waals surface area contributed by atoms with Gasteiger partial charge in [0.15, 0.2) is 17.4 Å². The molecule has 0 radical (unpaired) electrons. The fraction of sp³-hybridized carbons (Fsp3) is 0.100. The van der Waals surface area contributed by atoms with Gasteiger partial charge in [0.2, 0.25) is 0 Å². The summed E-state index contributed by atoms with van der Waals surface area (Å²) < 4.78 is 6.85. The highest BCUT2D eigenvalue weighted by atomic mass is 32.2. The van der Waals surface area contributed by atoms with Crippen LogP contribution in [0.25, 0.3) is 50.0 Å². The van der Waals surface area contributed by atoms with Gasteiger partial charge in [-0.05, 0) is 65.6 Å². The Bertz CT molecular complexity index is 2340. The fourth-order valence-electron chi connectivity index (χ4n) is 6.21. The summed E-state index contributed by atoms with van der Waals surface area (Å²) in [5.41, 5.74) is 8.25. The van der Waals surface area contributed by atoms with Gasteiger partial charge in [-0.25, -0.2) is 4.98 Å². The van der Waals surface area contributed by atoms with Gasteiger partial charge in [0.1, 0.15) is 17.2 Å². The molecule has 0 aliphatic rings. The standard InChI is InChI=1S/C40H33N4S/c1-40(2,3)28-22-23-41-39(24-28)44-35-17-8-7-16-33(35)34-21-20-32(26-38(34)44)45-31-15-11-14-30(25-31)43-27-42(29-12-5-4-6-13-29)36-18-9-10-19-37(36)43/h4-27H,1-3H3/q+1. The maximum absolute atomic E-state index is 4.85. The van der Waals surface area contributed by atoms with Crippen molar-refractivity contribution in [2.45, 2.75) is 36.0 Å². The molecule has 0 aliphatic carbocycles. The van der Waals surface area contributed by atoms with E-state index < -0.39 is 0 Å². The van der Waals surface area contributed by atoms with Crippen molar-refractivity contribution >= 4 is 44.6 Å². The molecule has 0 fully saturated rings. The molecule has 5 aromatic carbocycles. The zero-order valence-electron chi connectivity index (χ0n) is 25.6. The molecular formula is C40H33N4S+. The normalized spacial score (nSPS) is 12.0. The van der Waals surface area contributed by atoms with Crippen molar-refractivity contribution in [3.05, 3.63) is 152 Å². The van der Waals surface area contributed by atoms with E-state index in [0.717, 1.165) is 22.7 Å². The molecule has 3 heterocycles. The predicted molar refractivity (Wildman–Crippen MR) is 188 cm³/mol. The van der Waals surface area contributed by atoms with E-state index in [1.54, 1.807) is 11.8 Å². The van der Waals surface area contributed by atoms with Crippen molar-refractivity contribution in [2.24, 2.45) is 0 Å². The van der Waals surface area contributed by atoms with Gasteiger partial charge in [-0.15, -0.1) is 0 Å². The van der Waals surface area contributed by atoms with Crippen molar-refractivity contribution < 1.29 is 0 Å². The third-order valence-corrected chi connectivity index (χ3v) is 9.46. The lowest BCUT2D eigenvalue weighted by molar-refractivity contribution is 0.588. The Morgan fingerprint density at radius 1 is 0.556 bits per heavy atom. The highest BCUT2D eigenvalue weighted by molar-refractivity contribution is 7.99. The first-order valence-electron chi connectivity index (χ1n) is 15.3. The van der Waals surface area contributed by atoms with Crippen LogP contribution in [0.1, 0.15) is 26.3 Å². The first-order chi connectivity index (χ1) is 21.9. The summed E-state index contributed by atoms with van der Waals surface area (Å²) in [4.78, 5) is 7.23. The molecule has 45 heavy (non-hydrogen) atoms. The summed E-state index contributed by atoms with van der Waals surface area (Å²) in [7, 11) is 0. The minimum atomic E-state index is 0.0356. The zero-order valence-corrected chi connectivity index (χ0v) is 26.4. The average Bonchev–Trinajstić information content (AvgIpc) is 3.61. The molecule has 8 aromatic rings. The topological polar surface area (TPSA) is 27.7 Å². The first kappa shape index (κ1) is 27.4. The van der Waals surface area contributed by atoms with Gasteiger partial charge >= 0.3 is 0 Å². The van der Waals surface area contributed by atoms with E-state index >= 15 is 0 Å². The van der Waals surface area contributed by atoms with Gasteiger partial charge < -0.3 is 0 Å². The lowest BCUT2D eigenvalue weighted by atomic mass is 9.88. The summed E-state index contributed by atoms with van der Waals surface area (Å²) >= 11 is 1.79. The molecule has 5 heteroatoms. The molecule has 218 valence electrons. The van der Waals surface area contributed by atoms with E-state index in [0.29, 0.717) is 0 Å². The average molecular weight is 602 g/mol. The molecule has 0 spiro atoms. The second kappa shape index (κ2) is 10.8. The molecule has 0 bridgehead atoms. The van der Waals surface area contributed by atoms with Crippen molar-refractivity contribution in [1.29, 1.82) is 0 Å². The number of imidazole rings is 1. The number of fused-ring (bicyclic) bond motifs is 4. The van der Waals surface area contributed by atoms with E-state index in [1.807, 2.05) is 6.20 Å². The Hall–Kier alpha value is -5.13. The van der Waals surface area contributed by atoms with Crippen LogP contribution in [0, 0.1) is 0 Å². The Labute approximate surface area is 267 Å². The smallest absolute Gasteiger partial charge is 0.168 e. The lowest BCUT2D eigenvalue weighted by Gasteiger charge is -2.20. The molecule has 0 atom stereocenters. The molecule has 0 unspecified atom stereocenters. The summed E-state index contributed by atoms with van der Waals surface area (Å²) in [5, 5.41) is 2.47. The Balaban J connectivity index is 1.21. The number of pyridine rings is 1. The highest BCUT2D eigenvalue weighted by Crippen LogP contribution is 2.37. The summed E-state index contributed by atoms with van der Waals surface area (Å²) in [5.74, 6) is 0.948. The summed E-state index contributed by atoms with van der Waals surface area (Å²) in [6.07, 6.45) is 4.13. The maximum Gasteiger partial charge on any atom is 0.168 e. The van der Waals surface area contributed by atoms with Gasteiger partial charge in [0, 0.05) is 45.0 Å². The van der Waals surface area contributed by atoms with Gasteiger partial charge in [-0.2, -0.15) is 9.13 Å². The van der Waals surface area contributed by atoms with E-state index in [-0.39, 0.29) is 5.41 Å². The van der Waals surface area contributed by atoms with Crippen LogP contribution in [0.15, 0.2) is 156 Å². The molecule has 0 amide bonds. The molecule has 0 aliphatic heterocycles. The maximum atomic E-state index is 4.85. The fourth-order valence-corrected chi connectivity index (χ4v) is 7.12. The van der Waals surface area contributed by atoms with Crippen LogP contribution in [-0.2, 0) is 5.41 Å². The van der Waals surface area contributed by atoms with Gasteiger partial charge in [-0.1, -0.05) is 93.2 Å². The number of benzene rings is 5. The lowest BCUT2D eigenvalue weighted by Crippen LogP contribution is -2.12. The van der Waals surface area contributed by atoms with Crippen molar-refractivity contribution in [1.82, 2.24) is 18.7 Å². The van der Waals surface area contributed by atoms with Gasteiger partial charge in [-0.3, -0.25) is 4.57 Å². The number of para-hydroxylation sites is 4. The van der Waals surface area contributed by atoms with Crippen LogP contribution in [0.4, 0.5) is 0 Å². The number of hydrogen-bond donors (Lipinski definition) is 0. The molecular weight excluding hydrogens is 569 g/mol. The number of rotatable bonds is 5. The van der Waals surface area contributed by atoms with E-state index in [2.05, 4.69) is 174 Å². The largest absolute Gasteiger partial charge is 0.294 e. The van der Waals surface area contributed by atoms with E-state index in [9.17, 15) is 0 Å². The van der Waals surface area contributed by atoms with Gasteiger partial charge in [0.05, 0.1) is 11.0 Å². The number of hydrogen-bond acceptors (Lipinski definition) is 2. The van der Waals surface area contributed by atoms with E-state index in [4.69, 9.17) is 4.98 Å². The third-order valence-electron chi connectivity index (χ3n) is 8.48. The summed E-state index contributed by atoms with van der Waals surface area (Å²) in [6, 6.07) is 47.7.